The van der Waals surface area contributed by atoms with Crippen molar-refractivity contribution in [2.24, 2.45) is 0 Å². The number of carbonyl (C=O) groups excluding carboxylic acids is 2. The van der Waals surface area contributed by atoms with Crippen LogP contribution in [0.25, 0.3) is 5.69 Å². The summed E-state index contributed by atoms with van der Waals surface area (Å²) >= 11 is 0. The number of benzene rings is 2. The van der Waals surface area contributed by atoms with Gasteiger partial charge in [0.1, 0.15) is 12.4 Å². The molecule has 216 valence electrons. The maximum atomic E-state index is 13.3. The van der Waals surface area contributed by atoms with Crippen molar-refractivity contribution in [1.29, 1.82) is 0 Å². The SMILES string of the molecule is CCCN(CC(=O)Nc1cc(C(C)(C)C)nn1-c1ccccc1C)C(=O)c1cc(C(F)(F)F)cc(C(F)(F)F)c1. The summed E-state index contributed by atoms with van der Waals surface area (Å²) in [6, 6.07) is 9.68. The van der Waals surface area contributed by atoms with Crippen LogP contribution in [0, 0.1) is 6.92 Å². The molecule has 2 amide bonds. The summed E-state index contributed by atoms with van der Waals surface area (Å²) in [7, 11) is 0. The second kappa shape index (κ2) is 11.3. The van der Waals surface area contributed by atoms with Crippen LogP contribution in [0.4, 0.5) is 32.2 Å². The van der Waals surface area contributed by atoms with Crippen molar-refractivity contribution in [3.63, 3.8) is 0 Å². The van der Waals surface area contributed by atoms with E-state index in [1.54, 1.807) is 23.7 Å². The minimum atomic E-state index is -5.11. The third-order valence-corrected chi connectivity index (χ3v) is 6.04. The van der Waals surface area contributed by atoms with E-state index in [0.717, 1.165) is 10.5 Å². The Balaban J connectivity index is 1.95. The van der Waals surface area contributed by atoms with Crippen LogP contribution in [0.3, 0.4) is 0 Å². The van der Waals surface area contributed by atoms with Gasteiger partial charge in [0.2, 0.25) is 5.91 Å². The van der Waals surface area contributed by atoms with Gasteiger partial charge in [0.05, 0.1) is 22.5 Å². The van der Waals surface area contributed by atoms with Gasteiger partial charge in [-0.1, -0.05) is 45.9 Å². The molecule has 3 rings (SSSR count). The van der Waals surface area contributed by atoms with E-state index in [1.165, 1.54) is 0 Å². The smallest absolute Gasteiger partial charge is 0.329 e. The average molecular weight is 569 g/mol. The number of amides is 2. The summed E-state index contributed by atoms with van der Waals surface area (Å²) in [6.07, 6.45) is -9.91. The number of nitrogens with one attached hydrogen (secondary N) is 1. The maximum absolute atomic E-state index is 13.3. The number of nitrogens with zero attached hydrogens (tertiary/aromatic N) is 3. The van der Waals surface area contributed by atoms with Crippen molar-refractivity contribution < 1.29 is 35.9 Å². The average Bonchev–Trinajstić information content (AvgIpc) is 3.26. The topological polar surface area (TPSA) is 67.2 Å². The monoisotopic (exact) mass is 568 g/mol. The fourth-order valence-corrected chi connectivity index (χ4v) is 3.96. The van der Waals surface area contributed by atoms with Gasteiger partial charge >= 0.3 is 12.4 Å². The number of alkyl halides is 6. The van der Waals surface area contributed by atoms with Gasteiger partial charge in [-0.25, -0.2) is 4.68 Å². The van der Waals surface area contributed by atoms with E-state index in [0.29, 0.717) is 35.8 Å². The Morgan fingerprint density at radius 1 is 0.925 bits per heavy atom. The van der Waals surface area contributed by atoms with E-state index in [4.69, 9.17) is 0 Å². The number of anilines is 1. The zero-order chi connectivity index (χ0) is 30.0. The molecule has 0 saturated carbocycles. The van der Waals surface area contributed by atoms with Crippen molar-refractivity contribution in [3.05, 3.63) is 76.5 Å². The van der Waals surface area contributed by atoms with Gasteiger partial charge in [0.15, 0.2) is 0 Å². The van der Waals surface area contributed by atoms with Crippen molar-refractivity contribution >= 4 is 17.6 Å². The molecule has 2 aromatic carbocycles. The summed E-state index contributed by atoms with van der Waals surface area (Å²) < 4.78 is 81.5. The quantitative estimate of drug-likeness (QED) is 0.312. The predicted molar refractivity (Wildman–Crippen MR) is 138 cm³/mol. The Kier molecular flexibility index (Phi) is 8.71. The predicted octanol–water partition coefficient (Wildman–Crippen LogP) is 7.01. The number of hydrogen-bond donors (Lipinski definition) is 1. The molecule has 6 nitrogen and oxygen atoms in total. The van der Waals surface area contributed by atoms with Crippen molar-refractivity contribution in [2.45, 2.75) is 58.8 Å². The molecule has 0 aliphatic carbocycles. The Morgan fingerprint density at radius 3 is 2.00 bits per heavy atom. The molecule has 40 heavy (non-hydrogen) atoms. The third kappa shape index (κ3) is 7.22. The number of rotatable bonds is 7. The van der Waals surface area contributed by atoms with Gasteiger partial charge in [-0.05, 0) is 43.2 Å². The molecule has 0 aliphatic heterocycles. The molecule has 0 saturated heterocycles. The van der Waals surface area contributed by atoms with Crippen LogP contribution in [0.1, 0.15) is 66.9 Å². The highest BCUT2D eigenvalue weighted by Gasteiger charge is 2.38. The fourth-order valence-electron chi connectivity index (χ4n) is 3.96. The molecule has 0 radical (unpaired) electrons. The first-order chi connectivity index (χ1) is 18.4. The van der Waals surface area contributed by atoms with E-state index in [2.05, 4.69) is 10.4 Å². The van der Waals surface area contributed by atoms with E-state index in [9.17, 15) is 35.9 Å². The molecule has 1 heterocycles. The molecule has 3 aromatic rings. The lowest BCUT2D eigenvalue weighted by Gasteiger charge is -2.23. The number of carbonyl (C=O) groups is 2. The summed E-state index contributed by atoms with van der Waals surface area (Å²) in [5.41, 5.74) is -2.18. The Labute approximate surface area is 228 Å². The van der Waals surface area contributed by atoms with E-state index >= 15 is 0 Å². The van der Waals surface area contributed by atoms with Crippen molar-refractivity contribution in [1.82, 2.24) is 14.7 Å². The van der Waals surface area contributed by atoms with Gasteiger partial charge in [-0.2, -0.15) is 31.4 Å². The third-order valence-electron chi connectivity index (χ3n) is 6.04. The Morgan fingerprint density at radius 2 is 1.50 bits per heavy atom. The van der Waals surface area contributed by atoms with Gasteiger partial charge < -0.3 is 10.2 Å². The minimum Gasteiger partial charge on any atom is -0.329 e. The molecule has 1 N–H and O–H groups in total. The summed E-state index contributed by atoms with van der Waals surface area (Å²) in [6.45, 7) is 8.67. The molecule has 12 heteroatoms. The summed E-state index contributed by atoms with van der Waals surface area (Å²) in [4.78, 5) is 27.2. The molecule has 0 unspecified atom stereocenters. The molecular weight excluding hydrogens is 538 g/mol. The normalized spacial score (nSPS) is 12.4. The van der Waals surface area contributed by atoms with Crippen LogP contribution < -0.4 is 5.32 Å². The number of aryl methyl sites for hydroxylation is 1. The summed E-state index contributed by atoms with van der Waals surface area (Å²) in [5, 5.41) is 7.34. The van der Waals surface area contributed by atoms with E-state index in [1.807, 2.05) is 45.9 Å². The zero-order valence-corrected chi connectivity index (χ0v) is 22.7. The minimum absolute atomic E-state index is 0.0484. The largest absolute Gasteiger partial charge is 0.416 e. The number of aromatic nitrogens is 2. The van der Waals surface area contributed by atoms with E-state index < -0.39 is 47.4 Å². The van der Waals surface area contributed by atoms with Gasteiger partial charge in [-0.15, -0.1) is 0 Å². The van der Waals surface area contributed by atoms with Gasteiger partial charge in [0.25, 0.3) is 5.91 Å². The molecule has 0 bridgehead atoms. The first-order valence-corrected chi connectivity index (χ1v) is 12.5. The van der Waals surface area contributed by atoms with Crippen molar-refractivity contribution in [2.75, 3.05) is 18.4 Å². The summed E-state index contributed by atoms with van der Waals surface area (Å²) in [5.74, 6) is -1.53. The number of halogens is 6. The van der Waals surface area contributed by atoms with Crippen molar-refractivity contribution in [3.8, 4) is 5.69 Å². The van der Waals surface area contributed by atoms with Crippen LogP contribution in [0.2, 0.25) is 0 Å². The highest BCUT2D eigenvalue weighted by Crippen LogP contribution is 2.36. The molecular formula is C28H30F6N4O2. The Bertz CT molecular complexity index is 1350. The molecule has 0 atom stereocenters. The van der Waals surface area contributed by atoms with Gasteiger partial charge in [-0.3, -0.25) is 9.59 Å². The lowest BCUT2D eigenvalue weighted by molar-refractivity contribution is -0.143. The standard InChI is InChI=1S/C28H30F6N4O2/c1-6-11-37(25(40)18-12-19(27(29,30)31)14-20(13-18)28(32,33)34)16-24(39)35-23-15-22(26(3,4)5)36-38(23)21-10-8-7-9-17(21)2/h7-10,12-15H,6,11,16H2,1-5H3,(H,35,39). The zero-order valence-electron chi connectivity index (χ0n) is 22.7. The fraction of sp³-hybridized carbons (Fsp3) is 0.393. The number of para-hydroxylation sites is 1. The van der Waals surface area contributed by atoms with Crippen LogP contribution in [0.15, 0.2) is 48.5 Å². The van der Waals surface area contributed by atoms with Crippen LogP contribution in [-0.2, 0) is 22.6 Å². The first kappa shape index (κ1) is 30.7. The molecule has 1 aromatic heterocycles. The second-order valence-electron chi connectivity index (χ2n) is 10.4. The molecule has 0 aliphatic rings. The highest BCUT2D eigenvalue weighted by molar-refractivity contribution is 5.99. The maximum Gasteiger partial charge on any atom is 0.416 e. The number of hydrogen-bond acceptors (Lipinski definition) is 3. The van der Waals surface area contributed by atoms with Gasteiger partial charge in [0, 0.05) is 23.6 Å². The Hall–Kier alpha value is -3.83. The van der Waals surface area contributed by atoms with Crippen LogP contribution >= 0.6 is 0 Å². The van der Waals surface area contributed by atoms with Crippen LogP contribution in [0.5, 0.6) is 0 Å². The molecule has 0 fully saturated rings. The highest BCUT2D eigenvalue weighted by atomic mass is 19.4. The first-order valence-electron chi connectivity index (χ1n) is 12.5. The second-order valence-corrected chi connectivity index (χ2v) is 10.4. The lowest BCUT2D eigenvalue weighted by Crippen LogP contribution is -2.39. The van der Waals surface area contributed by atoms with Crippen LogP contribution in [-0.4, -0.2) is 39.6 Å². The van der Waals surface area contributed by atoms with E-state index in [-0.39, 0.29) is 18.0 Å². The molecule has 0 spiro atoms. The lowest BCUT2D eigenvalue weighted by atomic mass is 9.92.